The number of likely N-dealkylation sites (tertiary alicyclic amines) is 1. The highest BCUT2D eigenvalue weighted by Crippen LogP contribution is 2.34. The van der Waals surface area contributed by atoms with Crippen LogP contribution in [-0.4, -0.2) is 29.8 Å². The molecule has 1 saturated heterocycles. The van der Waals surface area contributed by atoms with Crippen LogP contribution in [0.3, 0.4) is 0 Å². The van der Waals surface area contributed by atoms with Gasteiger partial charge in [-0.3, -0.25) is 14.5 Å². The summed E-state index contributed by atoms with van der Waals surface area (Å²) in [6.45, 7) is 3.20. The van der Waals surface area contributed by atoms with E-state index in [-0.39, 0.29) is 11.8 Å². The SMILES string of the molecule is Cc1cccc(NC(=O)c2ccccc2NC(=O)CN2CCCC2c2cccs2)c1. The minimum Gasteiger partial charge on any atom is -0.324 e. The Kier molecular flexibility index (Phi) is 6.26. The molecule has 0 saturated carbocycles. The first-order valence-corrected chi connectivity index (χ1v) is 11.0. The molecule has 0 radical (unpaired) electrons. The maximum Gasteiger partial charge on any atom is 0.257 e. The molecular formula is C24H25N3O2S. The van der Waals surface area contributed by atoms with Gasteiger partial charge in [-0.05, 0) is 67.6 Å². The van der Waals surface area contributed by atoms with Crippen molar-refractivity contribution >= 4 is 34.5 Å². The highest BCUT2D eigenvalue weighted by molar-refractivity contribution is 7.10. The topological polar surface area (TPSA) is 61.4 Å². The second kappa shape index (κ2) is 9.24. The summed E-state index contributed by atoms with van der Waals surface area (Å²) in [7, 11) is 0. The summed E-state index contributed by atoms with van der Waals surface area (Å²) in [5.41, 5.74) is 2.78. The maximum absolute atomic E-state index is 12.8. The lowest BCUT2D eigenvalue weighted by Crippen LogP contribution is -2.33. The molecule has 2 aromatic carbocycles. The van der Waals surface area contributed by atoms with E-state index in [9.17, 15) is 9.59 Å². The van der Waals surface area contributed by atoms with E-state index in [4.69, 9.17) is 0 Å². The molecule has 1 unspecified atom stereocenters. The van der Waals surface area contributed by atoms with Crippen molar-refractivity contribution < 1.29 is 9.59 Å². The second-order valence-corrected chi connectivity index (χ2v) is 8.54. The number of thiophene rings is 1. The van der Waals surface area contributed by atoms with E-state index in [1.54, 1.807) is 29.5 Å². The van der Waals surface area contributed by atoms with Crippen LogP contribution >= 0.6 is 11.3 Å². The van der Waals surface area contributed by atoms with Crippen LogP contribution in [0.5, 0.6) is 0 Å². The van der Waals surface area contributed by atoms with Gasteiger partial charge in [-0.1, -0.05) is 30.3 Å². The molecule has 4 rings (SSSR count). The molecule has 1 aromatic heterocycles. The molecule has 2 amide bonds. The van der Waals surface area contributed by atoms with E-state index < -0.39 is 0 Å². The Bertz CT molecular complexity index is 1030. The molecule has 2 heterocycles. The minimum absolute atomic E-state index is 0.103. The van der Waals surface area contributed by atoms with Crippen molar-refractivity contribution in [1.29, 1.82) is 0 Å². The second-order valence-electron chi connectivity index (χ2n) is 7.56. The number of amides is 2. The highest BCUT2D eigenvalue weighted by Gasteiger charge is 2.28. The molecule has 1 aliphatic rings. The predicted molar refractivity (Wildman–Crippen MR) is 122 cm³/mol. The van der Waals surface area contributed by atoms with Crippen molar-refractivity contribution in [2.24, 2.45) is 0 Å². The number of para-hydroxylation sites is 1. The molecule has 1 aliphatic heterocycles. The Labute approximate surface area is 180 Å². The molecule has 154 valence electrons. The van der Waals surface area contributed by atoms with Crippen molar-refractivity contribution in [3.63, 3.8) is 0 Å². The van der Waals surface area contributed by atoms with Gasteiger partial charge in [0.2, 0.25) is 5.91 Å². The van der Waals surface area contributed by atoms with Crippen LogP contribution in [0.15, 0.2) is 66.0 Å². The molecule has 1 atom stereocenters. The number of rotatable bonds is 6. The summed E-state index contributed by atoms with van der Waals surface area (Å²) in [6, 6.07) is 19.3. The highest BCUT2D eigenvalue weighted by atomic mass is 32.1. The van der Waals surface area contributed by atoms with Gasteiger partial charge in [0.1, 0.15) is 0 Å². The summed E-state index contributed by atoms with van der Waals surface area (Å²) in [4.78, 5) is 29.1. The van der Waals surface area contributed by atoms with Crippen molar-refractivity contribution in [2.75, 3.05) is 23.7 Å². The summed E-state index contributed by atoms with van der Waals surface area (Å²) >= 11 is 1.74. The monoisotopic (exact) mass is 419 g/mol. The number of nitrogens with zero attached hydrogens (tertiary/aromatic N) is 1. The van der Waals surface area contributed by atoms with Crippen molar-refractivity contribution in [3.8, 4) is 0 Å². The van der Waals surface area contributed by atoms with Crippen molar-refractivity contribution in [1.82, 2.24) is 4.90 Å². The normalized spacial score (nSPS) is 16.4. The fraction of sp³-hybridized carbons (Fsp3) is 0.250. The Morgan fingerprint density at radius 2 is 1.93 bits per heavy atom. The van der Waals surface area contributed by atoms with Crippen LogP contribution < -0.4 is 10.6 Å². The van der Waals surface area contributed by atoms with Crippen LogP contribution in [0.1, 0.15) is 39.7 Å². The maximum atomic E-state index is 12.8. The number of carbonyl (C=O) groups excluding carboxylic acids is 2. The Balaban J connectivity index is 1.43. The minimum atomic E-state index is -0.242. The molecule has 2 N–H and O–H groups in total. The summed E-state index contributed by atoms with van der Waals surface area (Å²) in [6.07, 6.45) is 2.16. The molecule has 0 aliphatic carbocycles. The van der Waals surface area contributed by atoms with Crippen LogP contribution in [0.2, 0.25) is 0 Å². The first-order valence-electron chi connectivity index (χ1n) is 10.1. The molecular weight excluding hydrogens is 394 g/mol. The fourth-order valence-corrected chi connectivity index (χ4v) is 4.80. The molecule has 1 fully saturated rings. The summed E-state index contributed by atoms with van der Waals surface area (Å²) in [5, 5.41) is 7.93. The molecule has 0 bridgehead atoms. The number of benzene rings is 2. The molecule has 5 nitrogen and oxygen atoms in total. The van der Waals surface area contributed by atoms with E-state index in [1.165, 1.54) is 4.88 Å². The third-order valence-corrected chi connectivity index (χ3v) is 6.28. The zero-order chi connectivity index (χ0) is 20.9. The van der Waals surface area contributed by atoms with E-state index in [0.29, 0.717) is 23.8 Å². The van der Waals surface area contributed by atoms with E-state index in [0.717, 1.165) is 30.6 Å². The Morgan fingerprint density at radius 1 is 1.07 bits per heavy atom. The Morgan fingerprint density at radius 3 is 2.73 bits per heavy atom. The zero-order valence-electron chi connectivity index (χ0n) is 16.9. The fourth-order valence-electron chi connectivity index (χ4n) is 3.90. The van der Waals surface area contributed by atoms with Crippen LogP contribution in [0, 0.1) is 6.92 Å². The average molecular weight is 420 g/mol. The number of aryl methyl sites for hydroxylation is 1. The number of anilines is 2. The zero-order valence-corrected chi connectivity index (χ0v) is 17.7. The van der Waals surface area contributed by atoms with E-state index in [1.807, 2.05) is 37.3 Å². The number of carbonyl (C=O) groups is 2. The summed E-state index contributed by atoms with van der Waals surface area (Å²) < 4.78 is 0. The van der Waals surface area contributed by atoms with Gasteiger partial charge in [-0.25, -0.2) is 0 Å². The third kappa shape index (κ3) is 4.78. The van der Waals surface area contributed by atoms with Crippen LogP contribution in [0.25, 0.3) is 0 Å². The number of nitrogens with one attached hydrogen (secondary N) is 2. The van der Waals surface area contributed by atoms with Gasteiger partial charge in [0.15, 0.2) is 0 Å². The first-order chi connectivity index (χ1) is 14.6. The first kappa shape index (κ1) is 20.3. The van der Waals surface area contributed by atoms with Gasteiger partial charge >= 0.3 is 0 Å². The van der Waals surface area contributed by atoms with Gasteiger partial charge in [0.05, 0.1) is 17.8 Å². The van der Waals surface area contributed by atoms with Crippen LogP contribution in [0.4, 0.5) is 11.4 Å². The van der Waals surface area contributed by atoms with Gasteiger partial charge in [-0.2, -0.15) is 0 Å². The van der Waals surface area contributed by atoms with Crippen molar-refractivity contribution in [2.45, 2.75) is 25.8 Å². The lowest BCUT2D eigenvalue weighted by Gasteiger charge is -2.23. The smallest absolute Gasteiger partial charge is 0.257 e. The van der Waals surface area contributed by atoms with Crippen molar-refractivity contribution in [3.05, 3.63) is 82.0 Å². The predicted octanol–water partition coefficient (Wildman–Crippen LogP) is 5.08. The Hall–Kier alpha value is -2.96. The molecule has 3 aromatic rings. The lowest BCUT2D eigenvalue weighted by atomic mass is 10.1. The summed E-state index contributed by atoms with van der Waals surface area (Å²) in [5.74, 6) is -0.344. The van der Waals surface area contributed by atoms with E-state index >= 15 is 0 Å². The van der Waals surface area contributed by atoms with Gasteiger partial charge in [-0.15, -0.1) is 11.3 Å². The molecule has 30 heavy (non-hydrogen) atoms. The van der Waals surface area contributed by atoms with Crippen LogP contribution in [-0.2, 0) is 4.79 Å². The van der Waals surface area contributed by atoms with Gasteiger partial charge < -0.3 is 10.6 Å². The standard InChI is InChI=1S/C24H25N3O2S/c1-17-7-4-8-18(15-17)25-24(29)19-9-2-3-10-20(19)26-23(28)16-27-13-5-11-21(27)22-12-6-14-30-22/h2-4,6-10,12,14-15,21H,5,11,13,16H2,1H3,(H,25,29)(H,26,28). The number of hydrogen-bond acceptors (Lipinski definition) is 4. The van der Waals surface area contributed by atoms with Gasteiger partial charge in [0.25, 0.3) is 5.91 Å². The largest absolute Gasteiger partial charge is 0.324 e. The molecule has 0 spiro atoms. The quantitative estimate of drug-likeness (QED) is 0.585. The van der Waals surface area contributed by atoms with Gasteiger partial charge in [0, 0.05) is 16.6 Å². The third-order valence-electron chi connectivity index (χ3n) is 5.30. The lowest BCUT2D eigenvalue weighted by molar-refractivity contribution is -0.117. The van der Waals surface area contributed by atoms with E-state index in [2.05, 4.69) is 33.0 Å². The molecule has 6 heteroatoms. The number of hydrogen-bond donors (Lipinski definition) is 2. The average Bonchev–Trinajstić information content (AvgIpc) is 3.40.